The summed E-state index contributed by atoms with van der Waals surface area (Å²) in [4.78, 5) is 11.6. The lowest BCUT2D eigenvalue weighted by Crippen LogP contribution is -2.30. The molecule has 1 aromatic rings. The quantitative estimate of drug-likeness (QED) is 0.740. The van der Waals surface area contributed by atoms with Gasteiger partial charge in [-0.15, -0.1) is 0 Å². The van der Waals surface area contributed by atoms with Crippen LogP contribution in [0.4, 0.5) is 0 Å². The van der Waals surface area contributed by atoms with Gasteiger partial charge < -0.3 is 4.74 Å². The number of benzene rings is 1. The van der Waals surface area contributed by atoms with Crippen LogP contribution >= 0.6 is 0 Å². The summed E-state index contributed by atoms with van der Waals surface area (Å²) < 4.78 is 30.4. The molecule has 0 aliphatic carbocycles. The predicted molar refractivity (Wildman–Crippen MR) is 72.4 cm³/mol. The number of esters is 1. The highest BCUT2D eigenvalue weighted by Gasteiger charge is 2.21. The second kappa shape index (κ2) is 7.03. The summed E-state index contributed by atoms with van der Waals surface area (Å²) >= 11 is 0. The molecule has 6 nitrogen and oxygen atoms in total. The van der Waals surface area contributed by atoms with Crippen LogP contribution < -0.4 is 0 Å². The lowest BCUT2D eigenvalue weighted by atomic mass is 10.2. The first-order valence-corrected chi connectivity index (χ1v) is 7.55. The highest BCUT2D eigenvalue weighted by atomic mass is 32.2. The maximum absolute atomic E-state index is 12.2. The molecular formula is C13H16N2O4S. The molecule has 1 aromatic carbocycles. The van der Waals surface area contributed by atoms with E-state index in [2.05, 4.69) is 4.74 Å². The molecule has 108 valence electrons. The van der Waals surface area contributed by atoms with Crippen molar-refractivity contribution >= 4 is 16.0 Å². The second-order valence-electron chi connectivity index (χ2n) is 3.85. The van der Waals surface area contributed by atoms with Gasteiger partial charge in [-0.2, -0.15) is 9.57 Å². The lowest BCUT2D eigenvalue weighted by Gasteiger charge is -2.18. The van der Waals surface area contributed by atoms with E-state index in [1.54, 1.807) is 19.9 Å². The first kappa shape index (κ1) is 16.1. The van der Waals surface area contributed by atoms with Crippen molar-refractivity contribution in [2.24, 2.45) is 0 Å². The summed E-state index contributed by atoms with van der Waals surface area (Å²) in [5.74, 6) is -0.654. The average molecular weight is 296 g/mol. The van der Waals surface area contributed by atoms with Gasteiger partial charge >= 0.3 is 5.97 Å². The van der Waals surface area contributed by atoms with Gasteiger partial charge in [0.15, 0.2) is 6.61 Å². The molecule has 0 saturated carbocycles. The van der Waals surface area contributed by atoms with Crippen molar-refractivity contribution in [3.05, 3.63) is 29.8 Å². The van der Waals surface area contributed by atoms with E-state index in [-0.39, 0.29) is 17.1 Å². The number of rotatable bonds is 6. The Hall–Kier alpha value is -1.91. The molecule has 0 bridgehead atoms. The molecule has 0 spiro atoms. The molecule has 0 aliphatic heterocycles. The third-order valence-corrected chi connectivity index (χ3v) is 4.77. The maximum atomic E-state index is 12.2. The van der Waals surface area contributed by atoms with Crippen LogP contribution in [0.3, 0.4) is 0 Å². The van der Waals surface area contributed by atoms with Crippen LogP contribution in [-0.4, -0.2) is 38.4 Å². The molecule has 0 atom stereocenters. The van der Waals surface area contributed by atoms with Crippen molar-refractivity contribution in [2.75, 3.05) is 19.7 Å². The highest BCUT2D eigenvalue weighted by Crippen LogP contribution is 2.16. The molecule has 0 radical (unpaired) electrons. The Morgan fingerprint density at radius 2 is 1.80 bits per heavy atom. The van der Waals surface area contributed by atoms with E-state index in [9.17, 15) is 13.2 Å². The Morgan fingerprint density at radius 3 is 2.25 bits per heavy atom. The molecule has 0 fully saturated rings. The SMILES string of the molecule is CCN(CC)S(=O)(=O)c1ccc(C(=O)OCC#N)cc1. The summed E-state index contributed by atoms with van der Waals surface area (Å²) in [6.07, 6.45) is 0. The third kappa shape index (κ3) is 3.56. The smallest absolute Gasteiger partial charge is 0.339 e. The van der Waals surface area contributed by atoms with E-state index < -0.39 is 16.0 Å². The summed E-state index contributed by atoms with van der Waals surface area (Å²) in [6.45, 7) is 3.94. The van der Waals surface area contributed by atoms with Crippen LogP contribution in [0.2, 0.25) is 0 Å². The van der Waals surface area contributed by atoms with Gasteiger partial charge in [0.25, 0.3) is 0 Å². The minimum Gasteiger partial charge on any atom is -0.447 e. The second-order valence-corrected chi connectivity index (χ2v) is 5.79. The minimum atomic E-state index is -3.53. The van der Waals surface area contributed by atoms with E-state index in [0.29, 0.717) is 13.1 Å². The molecule has 0 unspecified atom stereocenters. The number of carbonyl (C=O) groups is 1. The Bertz CT molecular complexity index is 598. The van der Waals surface area contributed by atoms with E-state index in [1.165, 1.54) is 28.6 Å². The summed E-state index contributed by atoms with van der Waals surface area (Å²) in [7, 11) is -3.53. The first-order valence-electron chi connectivity index (χ1n) is 6.11. The van der Waals surface area contributed by atoms with E-state index in [4.69, 9.17) is 5.26 Å². The number of sulfonamides is 1. The molecule has 0 aliphatic rings. The Morgan fingerprint density at radius 1 is 1.25 bits per heavy atom. The Kier molecular flexibility index (Phi) is 5.67. The molecular weight excluding hydrogens is 280 g/mol. The van der Waals surface area contributed by atoms with Crippen LogP contribution in [0.25, 0.3) is 0 Å². The monoisotopic (exact) mass is 296 g/mol. The van der Waals surface area contributed by atoms with E-state index >= 15 is 0 Å². The maximum Gasteiger partial charge on any atom is 0.339 e. The number of carbonyl (C=O) groups excluding carboxylic acids is 1. The van der Waals surface area contributed by atoms with Crippen LogP contribution in [-0.2, 0) is 14.8 Å². The highest BCUT2D eigenvalue weighted by molar-refractivity contribution is 7.89. The van der Waals surface area contributed by atoms with Crippen molar-refractivity contribution in [1.29, 1.82) is 5.26 Å². The van der Waals surface area contributed by atoms with E-state index in [1.807, 2.05) is 0 Å². The molecule has 1 rings (SSSR count). The van der Waals surface area contributed by atoms with Crippen LogP contribution in [0.15, 0.2) is 29.2 Å². The zero-order valence-corrected chi connectivity index (χ0v) is 12.2. The molecule has 0 saturated heterocycles. The number of nitriles is 1. The van der Waals surface area contributed by atoms with Crippen molar-refractivity contribution < 1.29 is 17.9 Å². The van der Waals surface area contributed by atoms with Gasteiger partial charge in [0, 0.05) is 13.1 Å². The van der Waals surface area contributed by atoms with Gasteiger partial charge in [-0.3, -0.25) is 0 Å². The zero-order valence-electron chi connectivity index (χ0n) is 11.4. The van der Waals surface area contributed by atoms with Gasteiger partial charge in [0.2, 0.25) is 10.0 Å². The largest absolute Gasteiger partial charge is 0.447 e. The van der Waals surface area contributed by atoms with Gasteiger partial charge in [-0.1, -0.05) is 13.8 Å². The standard InChI is InChI=1S/C13H16N2O4S/c1-3-15(4-2)20(17,18)12-7-5-11(6-8-12)13(16)19-10-9-14/h5-8H,3-4,10H2,1-2H3. The molecule has 20 heavy (non-hydrogen) atoms. The molecule has 7 heteroatoms. The fraction of sp³-hybridized carbons (Fsp3) is 0.385. The first-order chi connectivity index (χ1) is 9.47. The number of hydrogen-bond donors (Lipinski definition) is 0. The van der Waals surface area contributed by atoms with Crippen LogP contribution in [0.1, 0.15) is 24.2 Å². The van der Waals surface area contributed by atoms with Crippen molar-refractivity contribution in [1.82, 2.24) is 4.31 Å². The third-order valence-electron chi connectivity index (χ3n) is 2.70. The summed E-state index contributed by atoms with van der Waals surface area (Å²) in [6, 6.07) is 7.15. The van der Waals surface area contributed by atoms with Gasteiger partial charge in [-0.05, 0) is 24.3 Å². The Balaban J connectivity index is 2.97. The topological polar surface area (TPSA) is 87.5 Å². The average Bonchev–Trinajstić information content (AvgIpc) is 2.46. The Labute approximate surface area is 118 Å². The van der Waals surface area contributed by atoms with Crippen LogP contribution in [0.5, 0.6) is 0 Å². The molecule has 0 N–H and O–H groups in total. The van der Waals surface area contributed by atoms with Gasteiger partial charge in [0.1, 0.15) is 6.07 Å². The number of ether oxygens (including phenoxy) is 1. The fourth-order valence-electron chi connectivity index (χ4n) is 1.66. The van der Waals surface area contributed by atoms with Crippen LogP contribution in [0, 0.1) is 11.3 Å². The normalized spacial score (nSPS) is 11.1. The fourth-order valence-corrected chi connectivity index (χ4v) is 3.11. The molecule has 0 heterocycles. The lowest BCUT2D eigenvalue weighted by molar-refractivity contribution is 0.0555. The molecule has 0 amide bonds. The zero-order chi connectivity index (χ0) is 15.2. The van der Waals surface area contributed by atoms with Crippen molar-refractivity contribution in [3.8, 4) is 6.07 Å². The minimum absolute atomic E-state index is 0.123. The predicted octanol–water partition coefficient (Wildman–Crippen LogP) is 1.40. The number of nitrogens with zero attached hydrogens (tertiary/aromatic N) is 2. The van der Waals surface area contributed by atoms with Gasteiger partial charge in [0.05, 0.1) is 10.5 Å². The molecule has 0 aromatic heterocycles. The van der Waals surface area contributed by atoms with Crippen molar-refractivity contribution in [2.45, 2.75) is 18.7 Å². The summed E-state index contributed by atoms with van der Waals surface area (Å²) in [5.41, 5.74) is 0.207. The summed E-state index contributed by atoms with van der Waals surface area (Å²) in [5, 5.41) is 8.32. The van der Waals surface area contributed by atoms with Crippen molar-refractivity contribution in [3.63, 3.8) is 0 Å². The van der Waals surface area contributed by atoms with E-state index in [0.717, 1.165) is 0 Å². The number of hydrogen-bond acceptors (Lipinski definition) is 5. The van der Waals surface area contributed by atoms with Gasteiger partial charge in [-0.25, -0.2) is 13.2 Å².